The summed E-state index contributed by atoms with van der Waals surface area (Å²) in [6.07, 6.45) is 5.25. The first kappa shape index (κ1) is 6.94. The van der Waals surface area contributed by atoms with Gasteiger partial charge in [-0.05, 0) is 25.7 Å². The van der Waals surface area contributed by atoms with Gasteiger partial charge >= 0.3 is 0 Å². The van der Waals surface area contributed by atoms with Crippen molar-refractivity contribution in [3.8, 4) is 0 Å². The highest BCUT2D eigenvalue weighted by Gasteiger charge is 2.37. The molecule has 0 radical (unpaired) electrons. The molecule has 0 amide bonds. The first-order valence-electron chi connectivity index (χ1n) is 3.05. The minimum atomic E-state index is 0.466. The van der Waals surface area contributed by atoms with E-state index in [1.54, 1.807) is 0 Å². The fourth-order valence-electron chi connectivity index (χ4n) is 0.790. The van der Waals surface area contributed by atoms with Crippen LogP contribution in [-0.2, 0) is 0 Å². The van der Waals surface area contributed by atoms with Gasteiger partial charge in [0.2, 0.25) is 0 Å². The van der Waals surface area contributed by atoms with Gasteiger partial charge in [0, 0.05) is 10.1 Å². The van der Waals surface area contributed by atoms with Gasteiger partial charge in [-0.1, -0.05) is 15.9 Å². The second kappa shape index (κ2) is 2.61. The first-order chi connectivity index (χ1) is 3.77. The molecule has 1 aliphatic carbocycles. The molecule has 1 aliphatic rings. The smallest absolute Gasteiger partial charge is 0.0131 e. The number of rotatable bonds is 3. The minimum absolute atomic E-state index is 0.466. The Morgan fingerprint density at radius 1 is 1.50 bits per heavy atom. The van der Waals surface area contributed by atoms with Crippen LogP contribution >= 0.6 is 28.6 Å². The lowest BCUT2D eigenvalue weighted by Crippen LogP contribution is -1.96. The topological polar surface area (TPSA) is 0 Å². The molecule has 0 aliphatic heterocycles. The van der Waals surface area contributed by atoms with Crippen molar-refractivity contribution >= 4 is 28.6 Å². The van der Waals surface area contributed by atoms with Gasteiger partial charge in [0.1, 0.15) is 0 Å². The maximum Gasteiger partial charge on any atom is 0.0131 e. The number of hydrogen-bond acceptors (Lipinski definition) is 1. The van der Waals surface area contributed by atoms with Gasteiger partial charge in [0.15, 0.2) is 0 Å². The summed E-state index contributed by atoms with van der Waals surface area (Å²) in [4.78, 5) is 0. The zero-order valence-electron chi connectivity index (χ0n) is 4.86. The summed E-state index contributed by atoms with van der Waals surface area (Å²) >= 11 is 7.87. The summed E-state index contributed by atoms with van der Waals surface area (Å²) in [5.74, 6) is 0. The molecular formula is C6H11BrS. The third-order valence-electron chi connectivity index (χ3n) is 1.60. The highest BCUT2D eigenvalue weighted by molar-refractivity contribution is 9.09. The van der Waals surface area contributed by atoms with Gasteiger partial charge in [0.25, 0.3) is 0 Å². The van der Waals surface area contributed by atoms with E-state index in [-0.39, 0.29) is 0 Å². The van der Waals surface area contributed by atoms with Gasteiger partial charge in [-0.3, -0.25) is 0 Å². The van der Waals surface area contributed by atoms with Crippen molar-refractivity contribution in [2.75, 3.05) is 5.33 Å². The summed E-state index contributed by atoms with van der Waals surface area (Å²) in [7, 11) is 0. The van der Waals surface area contributed by atoms with Crippen LogP contribution < -0.4 is 0 Å². The van der Waals surface area contributed by atoms with Crippen LogP contribution in [0.2, 0.25) is 0 Å². The number of thiol groups is 1. The summed E-state index contributed by atoms with van der Waals surface area (Å²) in [6, 6.07) is 0. The molecule has 0 heterocycles. The molecular weight excluding hydrogens is 184 g/mol. The molecule has 0 aromatic carbocycles. The Bertz CT molecular complexity index is 78.6. The number of hydrogen-bond donors (Lipinski definition) is 1. The van der Waals surface area contributed by atoms with Crippen molar-refractivity contribution in [1.82, 2.24) is 0 Å². The van der Waals surface area contributed by atoms with Crippen LogP contribution in [-0.4, -0.2) is 10.1 Å². The molecule has 1 fully saturated rings. The lowest BCUT2D eigenvalue weighted by atomic mass is 10.2. The first-order valence-corrected chi connectivity index (χ1v) is 4.62. The molecule has 1 rings (SSSR count). The second-order valence-corrected chi connectivity index (χ2v) is 4.26. The normalized spacial score (nSPS) is 23.2. The predicted molar refractivity (Wildman–Crippen MR) is 44.0 cm³/mol. The van der Waals surface area contributed by atoms with E-state index < -0.39 is 0 Å². The van der Waals surface area contributed by atoms with Crippen molar-refractivity contribution in [2.45, 2.75) is 30.4 Å². The lowest BCUT2D eigenvalue weighted by molar-refractivity contribution is 0.762. The zero-order valence-corrected chi connectivity index (χ0v) is 7.34. The Labute approximate surface area is 64.6 Å². The van der Waals surface area contributed by atoms with E-state index in [4.69, 9.17) is 0 Å². The van der Waals surface area contributed by atoms with E-state index in [9.17, 15) is 0 Å². The van der Waals surface area contributed by atoms with Gasteiger partial charge in [0.05, 0.1) is 0 Å². The molecule has 48 valence electrons. The van der Waals surface area contributed by atoms with Crippen LogP contribution in [0.4, 0.5) is 0 Å². The minimum Gasteiger partial charge on any atom is -0.173 e. The second-order valence-electron chi connectivity index (χ2n) is 2.52. The average Bonchev–Trinajstić information content (AvgIpc) is 2.45. The van der Waals surface area contributed by atoms with Crippen LogP contribution in [0.3, 0.4) is 0 Å². The van der Waals surface area contributed by atoms with Crippen molar-refractivity contribution in [2.24, 2.45) is 0 Å². The molecule has 2 heteroatoms. The maximum absolute atomic E-state index is 4.48. The van der Waals surface area contributed by atoms with E-state index in [1.165, 1.54) is 25.7 Å². The van der Waals surface area contributed by atoms with Crippen LogP contribution in [0.15, 0.2) is 0 Å². The Morgan fingerprint density at radius 3 is 2.50 bits per heavy atom. The molecule has 1 saturated carbocycles. The molecule has 0 atom stereocenters. The molecule has 0 saturated heterocycles. The molecule has 0 bridgehead atoms. The van der Waals surface area contributed by atoms with E-state index in [1.807, 2.05) is 0 Å². The molecule has 0 unspecified atom stereocenters. The third-order valence-corrected chi connectivity index (χ3v) is 2.83. The fourth-order valence-corrected chi connectivity index (χ4v) is 1.34. The molecule has 0 spiro atoms. The zero-order chi connectivity index (χ0) is 6.04. The number of halogens is 1. The van der Waals surface area contributed by atoms with Crippen molar-refractivity contribution in [1.29, 1.82) is 0 Å². The van der Waals surface area contributed by atoms with E-state index in [2.05, 4.69) is 28.6 Å². The van der Waals surface area contributed by atoms with E-state index in [0.717, 1.165) is 5.33 Å². The van der Waals surface area contributed by atoms with Gasteiger partial charge in [-0.15, -0.1) is 0 Å². The monoisotopic (exact) mass is 194 g/mol. The van der Waals surface area contributed by atoms with Gasteiger partial charge in [-0.2, -0.15) is 12.6 Å². The van der Waals surface area contributed by atoms with Crippen LogP contribution in [0, 0.1) is 0 Å². The summed E-state index contributed by atoms with van der Waals surface area (Å²) in [5.41, 5.74) is 0. The fraction of sp³-hybridized carbons (Fsp3) is 1.00. The SMILES string of the molecule is SC1(CCCBr)CC1. The summed E-state index contributed by atoms with van der Waals surface area (Å²) in [6.45, 7) is 0. The molecule has 0 nitrogen and oxygen atoms in total. The molecule has 0 N–H and O–H groups in total. The Kier molecular flexibility index (Phi) is 2.27. The standard InChI is InChI=1S/C6H11BrS/c7-5-1-2-6(8)3-4-6/h8H,1-5H2. The largest absolute Gasteiger partial charge is 0.173 e. The summed E-state index contributed by atoms with van der Waals surface area (Å²) < 4.78 is 0.466. The molecule has 0 aromatic rings. The van der Waals surface area contributed by atoms with E-state index in [0.29, 0.717) is 4.75 Å². The molecule has 8 heavy (non-hydrogen) atoms. The van der Waals surface area contributed by atoms with Crippen LogP contribution in [0.1, 0.15) is 25.7 Å². The quantitative estimate of drug-likeness (QED) is 0.519. The molecule has 0 aromatic heterocycles. The van der Waals surface area contributed by atoms with Gasteiger partial charge in [-0.25, -0.2) is 0 Å². The Balaban J connectivity index is 2.01. The Hall–Kier alpha value is 0.830. The third kappa shape index (κ3) is 1.98. The lowest BCUT2D eigenvalue weighted by Gasteiger charge is -2.02. The highest BCUT2D eigenvalue weighted by Crippen LogP contribution is 2.45. The van der Waals surface area contributed by atoms with E-state index >= 15 is 0 Å². The van der Waals surface area contributed by atoms with Crippen LogP contribution in [0.5, 0.6) is 0 Å². The Morgan fingerprint density at radius 2 is 2.12 bits per heavy atom. The predicted octanol–water partition coefficient (Wildman–Crippen LogP) is 2.62. The average molecular weight is 195 g/mol. The van der Waals surface area contributed by atoms with Crippen LogP contribution in [0.25, 0.3) is 0 Å². The van der Waals surface area contributed by atoms with Crippen molar-refractivity contribution in [3.05, 3.63) is 0 Å². The van der Waals surface area contributed by atoms with Crippen molar-refractivity contribution < 1.29 is 0 Å². The number of alkyl halides is 1. The highest BCUT2D eigenvalue weighted by atomic mass is 79.9. The van der Waals surface area contributed by atoms with Crippen molar-refractivity contribution in [3.63, 3.8) is 0 Å². The van der Waals surface area contributed by atoms with Gasteiger partial charge < -0.3 is 0 Å². The maximum atomic E-state index is 4.48. The summed E-state index contributed by atoms with van der Waals surface area (Å²) in [5, 5.41) is 1.13.